The number of anilines is 6. The van der Waals surface area contributed by atoms with Gasteiger partial charge in [0.25, 0.3) is 0 Å². The Kier molecular flexibility index (Phi) is 15.7. The summed E-state index contributed by atoms with van der Waals surface area (Å²) in [4.78, 5) is 4.58. The quantitative estimate of drug-likeness (QED) is 0.0529. The van der Waals surface area contributed by atoms with Gasteiger partial charge in [-0.05, 0) is 108 Å². The van der Waals surface area contributed by atoms with E-state index in [1.165, 1.54) is 73.6 Å². The molecule has 0 unspecified atom stereocenters. The highest BCUT2D eigenvalue weighted by Crippen LogP contribution is 2.35. The number of rotatable bonds is 21. The van der Waals surface area contributed by atoms with Crippen LogP contribution in [0.4, 0.5) is 34.1 Å². The zero-order valence-corrected chi connectivity index (χ0v) is 37.0. The minimum Gasteiger partial charge on any atom is -0.311 e. The fraction of sp³-hybridized carbons (Fsp3) is 0.167. The van der Waals surface area contributed by atoms with E-state index in [4.69, 9.17) is 0 Å². The number of aromatic nitrogens is 2. The van der Waals surface area contributed by atoms with Gasteiger partial charge in [-0.1, -0.05) is 147 Å². The van der Waals surface area contributed by atoms with Crippen LogP contribution in [0.5, 0.6) is 0 Å². The smallest absolute Gasteiger partial charge is 0.169 e. The molecule has 0 bridgehead atoms. The lowest BCUT2D eigenvalue weighted by Crippen LogP contribution is -2.32. The van der Waals surface area contributed by atoms with Gasteiger partial charge in [0.2, 0.25) is 0 Å². The molecule has 2 aromatic heterocycles. The highest BCUT2D eigenvalue weighted by atomic mass is 15.1. The van der Waals surface area contributed by atoms with E-state index in [1.54, 1.807) is 0 Å². The second-order valence-corrected chi connectivity index (χ2v) is 16.4. The van der Waals surface area contributed by atoms with Crippen LogP contribution in [-0.2, 0) is 13.1 Å². The van der Waals surface area contributed by atoms with Crippen molar-refractivity contribution in [3.63, 3.8) is 0 Å². The molecular weight excluding hydrogens is 777 g/mol. The maximum atomic E-state index is 2.32. The number of unbranched alkanes of at least 4 members (excludes halogenated alkanes) is 7. The number of nitrogens with zero attached hydrogens (tertiary/aromatic N) is 4. The lowest BCUT2D eigenvalue weighted by molar-refractivity contribution is -0.697. The SMILES string of the molecule is C(=C\c1cc[n+](CCCCCCCCCC[n+]2ccc(/C=C/c3ccc(N(c4ccccc4)c4ccccc4)cc3)cc2)cc1)/c1ccc(N(c2ccccc2)c2ccccc2)cc1. The van der Waals surface area contributed by atoms with E-state index in [9.17, 15) is 0 Å². The molecule has 2 heterocycles. The Morgan fingerprint density at radius 2 is 0.484 bits per heavy atom. The highest BCUT2D eigenvalue weighted by Gasteiger charge is 2.13. The molecule has 8 rings (SSSR count). The maximum absolute atomic E-state index is 2.32. The first-order valence-corrected chi connectivity index (χ1v) is 23.1. The van der Waals surface area contributed by atoms with Gasteiger partial charge < -0.3 is 9.80 Å². The molecule has 4 heteroatoms. The first-order chi connectivity index (χ1) is 31.7. The Morgan fingerprint density at radius 1 is 0.250 bits per heavy atom. The van der Waals surface area contributed by atoms with Gasteiger partial charge in [0.15, 0.2) is 24.8 Å². The minimum absolute atomic E-state index is 1.08. The fourth-order valence-corrected chi connectivity index (χ4v) is 8.16. The third-order valence-electron chi connectivity index (χ3n) is 11.7. The third-order valence-corrected chi connectivity index (χ3v) is 11.7. The van der Waals surface area contributed by atoms with E-state index in [2.05, 4.69) is 262 Å². The monoisotopic (exact) mass is 836 g/mol. The van der Waals surface area contributed by atoms with Crippen molar-refractivity contribution in [1.29, 1.82) is 0 Å². The summed E-state index contributed by atoms with van der Waals surface area (Å²) >= 11 is 0. The van der Waals surface area contributed by atoms with Crippen LogP contribution in [0, 0.1) is 0 Å². The molecule has 0 fully saturated rings. The van der Waals surface area contributed by atoms with Gasteiger partial charge in [-0.2, -0.15) is 0 Å². The van der Waals surface area contributed by atoms with Gasteiger partial charge in [-0.3, -0.25) is 0 Å². The number of benzene rings is 6. The van der Waals surface area contributed by atoms with E-state index in [0.717, 1.165) is 47.2 Å². The largest absolute Gasteiger partial charge is 0.311 e. The molecule has 0 saturated heterocycles. The van der Waals surface area contributed by atoms with Crippen molar-refractivity contribution >= 4 is 58.4 Å². The maximum Gasteiger partial charge on any atom is 0.169 e. The van der Waals surface area contributed by atoms with Crippen LogP contribution in [-0.4, -0.2) is 0 Å². The lowest BCUT2D eigenvalue weighted by Gasteiger charge is -2.25. The Hall–Kier alpha value is -7.30. The summed E-state index contributed by atoms with van der Waals surface area (Å²) < 4.78 is 4.64. The molecular formula is C60H60N4+2. The molecule has 6 aromatic carbocycles. The molecule has 0 radical (unpaired) electrons. The zero-order chi connectivity index (χ0) is 43.4. The summed E-state index contributed by atoms with van der Waals surface area (Å²) in [6.07, 6.45) is 28.0. The van der Waals surface area contributed by atoms with Crippen molar-refractivity contribution < 1.29 is 9.13 Å². The summed E-state index contributed by atoms with van der Waals surface area (Å²) in [6, 6.07) is 68.6. The molecule has 8 aromatic rings. The molecule has 0 atom stereocenters. The summed E-state index contributed by atoms with van der Waals surface area (Å²) in [5.74, 6) is 0. The van der Waals surface area contributed by atoms with Crippen LogP contribution < -0.4 is 18.9 Å². The Balaban J connectivity index is 0.690. The van der Waals surface area contributed by atoms with Gasteiger partial charge in [0.1, 0.15) is 13.1 Å². The van der Waals surface area contributed by atoms with Crippen LogP contribution in [0.3, 0.4) is 0 Å². The second kappa shape index (κ2) is 23.2. The normalized spacial score (nSPS) is 11.3. The fourth-order valence-electron chi connectivity index (χ4n) is 8.16. The Bertz CT molecular complexity index is 2340. The van der Waals surface area contributed by atoms with Gasteiger partial charge in [0, 0.05) is 71.2 Å². The standard InChI is InChI=1S/C60H60N4/c1(3-5-19-45-61-47-41-53(42-48-61)31-29-51-33-37-59(38-34-51)63(55-21-11-7-12-22-55)56-23-13-8-14-24-56)2-4-6-20-46-62-49-43-54(44-50-62)32-30-52-35-39-60(40-36-52)64(57-25-15-9-16-26-57)58-27-17-10-18-28-58/h7-18,21-44,47-50H,1-6,19-20,45-46H2/q+2. The zero-order valence-electron chi connectivity index (χ0n) is 37.0. The van der Waals surface area contributed by atoms with Crippen LogP contribution in [0.15, 0.2) is 219 Å². The molecule has 0 aliphatic carbocycles. The van der Waals surface area contributed by atoms with E-state index in [0.29, 0.717) is 0 Å². The van der Waals surface area contributed by atoms with Gasteiger partial charge in [-0.25, -0.2) is 9.13 Å². The molecule has 0 aliphatic heterocycles. The highest BCUT2D eigenvalue weighted by molar-refractivity contribution is 5.79. The molecule has 318 valence electrons. The summed E-state index contributed by atoms with van der Waals surface area (Å²) in [6.45, 7) is 2.15. The first kappa shape index (κ1) is 43.4. The average molecular weight is 837 g/mol. The summed E-state index contributed by atoms with van der Waals surface area (Å²) in [5, 5.41) is 0. The lowest BCUT2D eigenvalue weighted by atomic mass is 10.1. The van der Waals surface area contributed by atoms with Crippen molar-refractivity contribution in [2.24, 2.45) is 0 Å². The third kappa shape index (κ3) is 12.6. The molecule has 0 N–H and O–H groups in total. The predicted molar refractivity (Wildman–Crippen MR) is 270 cm³/mol. The van der Waals surface area contributed by atoms with Crippen molar-refractivity contribution in [1.82, 2.24) is 0 Å². The summed E-state index contributed by atoms with van der Waals surface area (Å²) in [5.41, 5.74) is 11.7. The predicted octanol–water partition coefficient (Wildman–Crippen LogP) is 15.4. The molecule has 0 saturated carbocycles. The van der Waals surface area contributed by atoms with Crippen molar-refractivity contribution in [2.75, 3.05) is 9.80 Å². The van der Waals surface area contributed by atoms with E-state index < -0.39 is 0 Å². The van der Waals surface area contributed by atoms with Gasteiger partial charge >= 0.3 is 0 Å². The molecule has 4 nitrogen and oxygen atoms in total. The van der Waals surface area contributed by atoms with Gasteiger partial charge in [0.05, 0.1) is 0 Å². The van der Waals surface area contributed by atoms with E-state index in [-0.39, 0.29) is 0 Å². The van der Waals surface area contributed by atoms with Gasteiger partial charge in [-0.15, -0.1) is 0 Å². The van der Waals surface area contributed by atoms with Crippen LogP contribution in [0.1, 0.15) is 73.6 Å². The minimum atomic E-state index is 1.08. The van der Waals surface area contributed by atoms with Crippen LogP contribution >= 0.6 is 0 Å². The Morgan fingerprint density at radius 3 is 0.766 bits per heavy atom. The van der Waals surface area contributed by atoms with Crippen molar-refractivity contribution in [3.8, 4) is 0 Å². The first-order valence-electron chi connectivity index (χ1n) is 23.1. The van der Waals surface area contributed by atoms with Crippen LogP contribution in [0.2, 0.25) is 0 Å². The van der Waals surface area contributed by atoms with Crippen molar-refractivity contribution in [2.45, 2.75) is 64.5 Å². The van der Waals surface area contributed by atoms with E-state index in [1.807, 2.05) is 0 Å². The Labute approximate surface area is 381 Å². The average Bonchev–Trinajstić information content (AvgIpc) is 3.36. The number of para-hydroxylation sites is 4. The van der Waals surface area contributed by atoms with E-state index >= 15 is 0 Å². The number of pyridine rings is 2. The van der Waals surface area contributed by atoms with Crippen LogP contribution in [0.25, 0.3) is 24.3 Å². The second-order valence-electron chi connectivity index (χ2n) is 16.4. The molecule has 0 aliphatic rings. The number of aryl methyl sites for hydroxylation is 2. The van der Waals surface area contributed by atoms with Crippen molar-refractivity contribution in [3.05, 3.63) is 241 Å². The number of hydrogen-bond acceptors (Lipinski definition) is 2. The summed E-state index contributed by atoms with van der Waals surface area (Å²) in [7, 11) is 0. The topological polar surface area (TPSA) is 14.2 Å². The molecule has 0 amide bonds. The molecule has 0 spiro atoms. The molecule has 64 heavy (non-hydrogen) atoms. The number of hydrogen-bond donors (Lipinski definition) is 0.